The third-order valence-electron chi connectivity index (χ3n) is 2.93. The van der Waals surface area contributed by atoms with E-state index < -0.39 is 0 Å². The van der Waals surface area contributed by atoms with E-state index in [0.717, 1.165) is 19.4 Å². The van der Waals surface area contributed by atoms with Gasteiger partial charge in [-0.3, -0.25) is 4.79 Å². The Morgan fingerprint density at radius 3 is 2.60 bits per heavy atom. The van der Waals surface area contributed by atoms with Gasteiger partial charge in [-0.25, -0.2) is 0 Å². The SMILES string of the molecule is COC1CNC(C(=O)CCC(C)(C)C)C1. The maximum Gasteiger partial charge on any atom is 0.149 e. The van der Waals surface area contributed by atoms with Crippen LogP contribution in [0, 0.1) is 5.41 Å². The van der Waals surface area contributed by atoms with Crippen molar-refractivity contribution >= 4 is 5.78 Å². The molecule has 0 amide bonds. The third kappa shape index (κ3) is 4.31. The van der Waals surface area contributed by atoms with Gasteiger partial charge in [-0.2, -0.15) is 0 Å². The predicted molar refractivity (Wildman–Crippen MR) is 60.9 cm³/mol. The summed E-state index contributed by atoms with van der Waals surface area (Å²) in [7, 11) is 1.70. The van der Waals surface area contributed by atoms with Crippen LogP contribution < -0.4 is 5.32 Å². The number of rotatable bonds is 4. The van der Waals surface area contributed by atoms with Gasteiger partial charge in [0.25, 0.3) is 0 Å². The number of ether oxygens (including phenoxy) is 1. The summed E-state index contributed by atoms with van der Waals surface area (Å²) in [6.07, 6.45) is 2.69. The molecule has 15 heavy (non-hydrogen) atoms. The fourth-order valence-electron chi connectivity index (χ4n) is 1.80. The monoisotopic (exact) mass is 213 g/mol. The van der Waals surface area contributed by atoms with E-state index in [1.807, 2.05) is 0 Å². The van der Waals surface area contributed by atoms with Gasteiger partial charge < -0.3 is 10.1 Å². The van der Waals surface area contributed by atoms with Gasteiger partial charge in [0, 0.05) is 20.1 Å². The summed E-state index contributed by atoms with van der Waals surface area (Å²) in [6, 6.07) is 0.0253. The van der Waals surface area contributed by atoms with Crippen LogP contribution in [0.3, 0.4) is 0 Å². The first-order valence-corrected chi connectivity index (χ1v) is 5.71. The van der Waals surface area contributed by atoms with Crippen LogP contribution in [-0.2, 0) is 9.53 Å². The lowest BCUT2D eigenvalue weighted by Crippen LogP contribution is -2.31. The largest absolute Gasteiger partial charge is 0.380 e. The van der Waals surface area contributed by atoms with E-state index in [1.54, 1.807) is 7.11 Å². The molecule has 0 radical (unpaired) electrons. The van der Waals surface area contributed by atoms with Crippen molar-refractivity contribution in [2.24, 2.45) is 5.41 Å². The predicted octanol–water partition coefficient (Wildman–Crippen LogP) is 1.76. The van der Waals surface area contributed by atoms with Crippen LogP contribution in [-0.4, -0.2) is 31.6 Å². The molecule has 1 aliphatic heterocycles. The van der Waals surface area contributed by atoms with Crippen molar-refractivity contribution in [3.63, 3.8) is 0 Å². The maximum absolute atomic E-state index is 11.8. The fraction of sp³-hybridized carbons (Fsp3) is 0.917. The van der Waals surface area contributed by atoms with Crippen molar-refractivity contribution < 1.29 is 9.53 Å². The van der Waals surface area contributed by atoms with E-state index in [4.69, 9.17) is 4.74 Å². The molecule has 0 aromatic carbocycles. The minimum atomic E-state index is 0.0253. The average Bonchev–Trinajstić information content (AvgIpc) is 2.61. The molecule has 1 aliphatic rings. The highest BCUT2D eigenvalue weighted by Gasteiger charge is 2.29. The first-order chi connectivity index (χ1) is 6.92. The molecule has 3 nitrogen and oxygen atoms in total. The van der Waals surface area contributed by atoms with Gasteiger partial charge in [0.1, 0.15) is 5.78 Å². The molecule has 88 valence electrons. The third-order valence-corrected chi connectivity index (χ3v) is 2.93. The molecular weight excluding hydrogens is 190 g/mol. The van der Waals surface area contributed by atoms with Gasteiger partial charge in [0.05, 0.1) is 12.1 Å². The van der Waals surface area contributed by atoms with Gasteiger partial charge in [0.2, 0.25) is 0 Å². The molecule has 1 heterocycles. The molecule has 0 spiro atoms. The molecule has 0 aromatic heterocycles. The summed E-state index contributed by atoms with van der Waals surface area (Å²) in [5, 5.41) is 3.22. The number of Topliss-reactive ketones (excluding diaryl/α,β-unsaturated/α-hetero) is 1. The highest BCUT2D eigenvalue weighted by molar-refractivity contribution is 5.84. The van der Waals surface area contributed by atoms with E-state index in [2.05, 4.69) is 26.1 Å². The van der Waals surface area contributed by atoms with E-state index in [1.165, 1.54) is 0 Å². The molecule has 0 aliphatic carbocycles. The molecular formula is C12H23NO2. The zero-order valence-corrected chi connectivity index (χ0v) is 10.3. The lowest BCUT2D eigenvalue weighted by molar-refractivity contribution is -0.121. The highest BCUT2D eigenvalue weighted by Crippen LogP contribution is 2.22. The lowest BCUT2D eigenvalue weighted by Gasteiger charge is -2.18. The van der Waals surface area contributed by atoms with Crippen molar-refractivity contribution in [3.8, 4) is 0 Å². The second-order valence-electron chi connectivity index (χ2n) is 5.58. The summed E-state index contributed by atoms with van der Waals surface area (Å²) >= 11 is 0. The van der Waals surface area contributed by atoms with Crippen molar-refractivity contribution in [2.75, 3.05) is 13.7 Å². The number of hydrogen-bond acceptors (Lipinski definition) is 3. The van der Waals surface area contributed by atoms with Crippen molar-refractivity contribution in [3.05, 3.63) is 0 Å². The van der Waals surface area contributed by atoms with Crippen LogP contribution in [0.2, 0.25) is 0 Å². The van der Waals surface area contributed by atoms with Crippen LogP contribution in [0.5, 0.6) is 0 Å². The van der Waals surface area contributed by atoms with E-state index >= 15 is 0 Å². The first-order valence-electron chi connectivity index (χ1n) is 5.71. The average molecular weight is 213 g/mol. The topological polar surface area (TPSA) is 38.3 Å². The summed E-state index contributed by atoms with van der Waals surface area (Å²) in [6.45, 7) is 7.31. The van der Waals surface area contributed by atoms with Gasteiger partial charge in [-0.1, -0.05) is 20.8 Å². The van der Waals surface area contributed by atoms with E-state index in [9.17, 15) is 4.79 Å². The normalized spacial score (nSPS) is 26.9. The van der Waals surface area contributed by atoms with Crippen molar-refractivity contribution in [1.82, 2.24) is 5.32 Å². The molecule has 1 saturated heterocycles. The number of methoxy groups -OCH3 is 1. The molecule has 1 rings (SSSR count). The Bertz CT molecular complexity index is 220. The summed E-state index contributed by atoms with van der Waals surface area (Å²) in [5.74, 6) is 0.337. The van der Waals surface area contributed by atoms with Crippen LogP contribution in [0.15, 0.2) is 0 Å². The zero-order chi connectivity index (χ0) is 11.5. The Balaban J connectivity index is 2.30. The van der Waals surface area contributed by atoms with E-state index in [0.29, 0.717) is 12.2 Å². The first kappa shape index (κ1) is 12.7. The minimum absolute atomic E-state index is 0.0253. The Hall–Kier alpha value is -0.410. The van der Waals surface area contributed by atoms with Gasteiger partial charge >= 0.3 is 0 Å². The standard InChI is InChI=1S/C12H23NO2/c1-12(2,3)6-5-11(14)10-7-9(15-4)8-13-10/h9-10,13H,5-8H2,1-4H3. The molecule has 0 saturated carbocycles. The van der Waals surface area contributed by atoms with E-state index in [-0.39, 0.29) is 17.6 Å². The Labute approximate surface area is 92.6 Å². The summed E-state index contributed by atoms with van der Waals surface area (Å²) < 4.78 is 5.22. The second-order valence-corrected chi connectivity index (χ2v) is 5.58. The highest BCUT2D eigenvalue weighted by atomic mass is 16.5. The van der Waals surface area contributed by atoms with Crippen LogP contribution in [0.1, 0.15) is 40.0 Å². The summed E-state index contributed by atoms with van der Waals surface area (Å²) in [4.78, 5) is 11.8. The van der Waals surface area contributed by atoms with Crippen molar-refractivity contribution in [1.29, 1.82) is 0 Å². The molecule has 3 heteroatoms. The number of ketones is 1. The number of carbonyl (C=O) groups is 1. The molecule has 0 bridgehead atoms. The van der Waals surface area contributed by atoms with Gasteiger partial charge in [-0.05, 0) is 18.3 Å². The van der Waals surface area contributed by atoms with Crippen molar-refractivity contribution in [2.45, 2.75) is 52.2 Å². The Morgan fingerprint density at radius 1 is 1.47 bits per heavy atom. The fourth-order valence-corrected chi connectivity index (χ4v) is 1.80. The summed E-state index contributed by atoms with van der Waals surface area (Å²) in [5.41, 5.74) is 0.245. The van der Waals surface area contributed by atoms with Crippen LogP contribution >= 0.6 is 0 Å². The minimum Gasteiger partial charge on any atom is -0.380 e. The molecule has 1 fully saturated rings. The number of carbonyl (C=O) groups excluding carboxylic acids is 1. The van der Waals surface area contributed by atoms with Gasteiger partial charge in [0.15, 0.2) is 0 Å². The quantitative estimate of drug-likeness (QED) is 0.773. The van der Waals surface area contributed by atoms with Gasteiger partial charge in [-0.15, -0.1) is 0 Å². The lowest BCUT2D eigenvalue weighted by atomic mass is 9.88. The zero-order valence-electron chi connectivity index (χ0n) is 10.3. The molecule has 1 N–H and O–H groups in total. The second kappa shape index (κ2) is 5.08. The Kier molecular flexibility index (Phi) is 4.29. The number of hydrogen-bond donors (Lipinski definition) is 1. The smallest absolute Gasteiger partial charge is 0.149 e. The molecule has 0 aromatic rings. The maximum atomic E-state index is 11.8. The van der Waals surface area contributed by atoms with Crippen LogP contribution in [0.4, 0.5) is 0 Å². The van der Waals surface area contributed by atoms with Crippen LogP contribution in [0.25, 0.3) is 0 Å². The number of nitrogens with one attached hydrogen (secondary N) is 1. The molecule has 2 atom stereocenters. The molecule has 2 unspecified atom stereocenters. The Morgan fingerprint density at radius 2 is 2.13 bits per heavy atom.